The van der Waals surface area contributed by atoms with Gasteiger partial charge in [0.05, 0.1) is 7.11 Å². The van der Waals surface area contributed by atoms with Gasteiger partial charge in [-0.15, -0.1) is 0 Å². The first-order valence-electron chi connectivity index (χ1n) is 5.09. The first-order chi connectivity index (χ1) is 7.04. The number of nitrogens with zero attached hydrogens (tertiary/aromatic N) is 1. The number of methoxy groups -OCH3 is 1. The molecule has 0 spiro atoms. The number of hydrogen-bond donors (Lipinski definition) is 1. The van der Waals surface area contributed by atoms with Crippen LogP contribution >= 0.6 is 0 Å². The molecule has 1 atom stereocenters. The lowest BCUT2D eigenvalue weighted by Crippen LogP contribution is -2.26. The van der Waals surface area contributed by atoms with Crippen molar-refractivity contribution >= 4 is 0 Å². The van der Waals surface area contributed by atoms with Gasteiger partial charge in [0.25, 0.3) is 0 Å². The molecule has 0 aliphatic heterocycles. The van der Waals surface area contributed by atoms with E-state index in [1.807, 2.05) is 26.2 Å². The minimum absolute atomic E-state index is 0.00477. The summed E-state index contributed by atoms with van der Waals surface area (Å²) < 4.78 is 5.30. The quantitative estimate of drug-likeness (QED) is 0.816. The van der Waals surface area contributed by atoms with E-state index < -0.39 is 0 Å². The van der Waals surface area contributed by atoms with E-state index in [0.717, 1.165) is 17.9 Å². The van der Waals surface area contributed by atoms with Crippen LogP contribution in [0.3, 0.4) is 0 Å². The number of likely N-dealkylation sites (N-methyl/N-ethyl adjacent to an activating group) is 1. The Hall–Kier alpha value is -1.06. The van der Waals surface area contributed by atoms with Gasteiger partial charge in [0.1, 0.15) is 5.75 Å². The molecular formula is C12H20N2O. The van der Waals surface area contributed by atoms with Crippen LogP contribution in [0.5, 0.6) is 5.75 Å². The molecule has 0 heterocycles. The van der Waals surface area contributed by atoms with Crippen molar-refractivity contribution in [3.63, 3.8) is 0 Å². The zero-order valence-corrected chi connectivity index (χ0v) is 9.95. The fraction of sp³-hybridized carbons (Fsp3) is 0.500. The molecule has 1 unspecified atom stereocenters. The zero-order valence-electron chi connectivity index (χ0n) is 9.95. The Morgan fingerprint density at radius 1 is 1.40 bits per heavy atom. The molecule has 0 amide bonds. The first kappa shape index (κ1) is 12.0. The molecule has 1 rings (SSSR count). The molecule has 0 aliphatic rings. The summed E-state index contributed by atoms with van der Waals surface area (Å²) in [5.41, 5.74) is 8.40. The number of rotatable bonds is 4. The summed E-state index contributed by atoms with van der Waals surface area (Å²) in [6.07, 6.45) is 0. The van der Waals surface area contributed by atoms with Crippen LogP contribution in [-0.4, -0.2) is 32.6 Å². The highest BCUT2D eigenvalue weighted by Gasteiger charge is 2.12. The van der Waals surface area contributed by atoms with Crippen LogP contribution in [0.2, 0.25) is 0 Å². The standard InChI is InChI=1S/C12H20N2O/c1-9-5-6-12(15-4)10(7-9)11(13)8-14(2)3/h5-7,11H,8,13H2,1-4H3. The second-order valence-corrected chi connectivity index (χ2v) is 4.11. The van der Waals surface area contributed by atoms with Gasteiger partial charge in [-0.2, -0.15) is 0 Å². The Balaban J connectivity index is 2.94. The van der Waals surface area contributed by atoms with E-state index in [4.69, 9.17) is 10.5 Å². The molecule has 0 saturated heterocycles. The summed E-state index contributed by atoms with van der Waals surface area (Å²) in [5.74, 6) is 0.870. The first-order valence-corrected chi connectivity index (χ1v) is 5.09. The average molecular weight is 208 g/mol. The highest BCUT2D eigenvalue weighted by Crippen LogP contribution is 2.25. The van der Waals surface area contributed by atoms with Gasteiger partial charge in [-0.25, -0.2) is 0 Å². The third kappa shape index (κ3) is 3.22. The zero-order chi connectivity index (χ0) is 11.4. The van der Waals surface area contributed by atoms with Crippen LogP contribution in [-0.2, 0) is 0 Å². The highest BCUT2D eigenvalue weighted by molar-refractivity contribution is 5.39. The van der Waals surface area contributed by atoms with Crippen molar-refractivity contribution in [3.05, 3.63) is 29.3 Å². The lowest BCUT2D eigenvalue weighted by Gasteiger charge is -2.19. The minimum Gasteiger partial charge on any atom is -0.496 e. The molecule has 0 bridgehead atoms. The van der Waals surface area contributed by atoms with Crippen molar-refractivity contribution in [2.75, 3.05) is 27.7 Å². The summed E-state index contributed by atoms with van der Waals surface area (Å²) in [6.45, 7) is 2.88. The van der Waals surface area contributed by atoms with Crippen molar-refractivity contribution in [3.8, 4) is 5.75 Å². The highest BCUT2D eigenvalue weighted by atomic mass is 16.5. The van der Waals surface area contributed by atoms with Crippen LogP contribution in [0, 0.1) is 6.92 Å². The SMILES string of the molecule is COc1ccc(C)cc1C(N)CN(C)C. The van der Waals surface area contributed by atoms with Crippen LogP contribution in [0.15, 0.2) is 18.2 Å². The van der Waals surface area contributed by atoms with Gasteiger partial charge in [-0.3, -0.25) is 0 Å². The predicted octanol–water partition coefficient (Wildman–Crippen LogP) is 1.57. The summed E-state index contributed by atoms with van der Waals surface area (Å²) in [6, 6.07) is 6.09. The molecule has 84 valence electrons. The maximum absolute atomic E-state index is 6.12. The lowest BCUT2D eigenvalue weighted by molar-refractivity contribution is 0.362. The number of hydrogen-bond acceptors (Lipinski definition) is 3. The smallest absolute Gasteiger partial charge is 0.123 e. The van der Waals surface area contributed by atoms with E-state index in [9.17, 15) is 0 Å². The molecule has 0 fully saturated rings. The van der Waals surface area contributed by atoms with E-state index in [1.165, 1.54) is 5.56 Å². The summed E-state index contributed by atoms with van der Waals surface area (Å²) >= 11 is 0. The van der Waals surface area contributed by atoms with E-state index in [-0.39, 0.29) is 6.04 Å². The van der Waals surface area contributed by atoms with Gasteiger partial charge in [-0.1, -0.05) is 17.7 Å². The minimum atomic E-state index is -0.00477. The van der Waals surface area contributed by atoms with Gasteiger partial charge < -0.3 is 15.4 Å². The second-order valence-electron chi connectivity index (χ2n) is 4.11. The molecular weight excluding hydrogens is 188 g/mol. The van der Waals surface area contributed by atoms with Crippen molar-refractivity contribution in [2.24, 2.45) is 5.73 Å². The fourth-order valence-corrected chi connectivity index (χ4v) is 1.64. The van der Waals surface area contributed by atoms with Crippen LogP contribution in [0.25, 0.3) is 0 Å². The van der Waals surface area contributed by atoms with Crippen LogP contribution < -0.4 is 10.5 Å². The molecule has 1 aromatic rings. The molecule has 1 aromatic carbocycles. The van der Waals surface area contributed by atoms with Gasteiger partial charge in [-0.05, 0) is 27.1 Å². The van der Waals surface area contributed by atoms with Crippen LogP contribution in [0.1, 0.15) is 17.2 Å². The van der Waals surface area contributed by atoms with Crippen molar-refractivity contribution < 1.29 is 4.74 Å². The fourth-order valence-electron chi connectivity index (χ4n) is 1.64. The van der Waals surface area contributed by atoms with E-state index >= 15 is 0 Å². The molecule has 0 aliphatic carbocycles. The summed E-state index contributed by atoms with van der Waals surface area (Å²) in [5, 5.41) is 0. The lowest BCUT2D eigenvalue weighted by atomic mass is 10.0. The predicted molar refractivity (Wildman–Crippen MR) is 63.2 cm³/mol. The molecule has 15 heavy (non-hydrogen) atoms. The monoisotopic (exact) mass is 208 g/mol. The van der Waals surface area contributed by atoms with Crippen molar-refractivity contribution in [1.29, 1.82) is 0 Å². The molecule has 0 saturated carbocycles. The Morgan fingerprint density at radius 2 is 2.07 bits per heavy atom. The third-order valence-corrected chi connectivity index (χ3v) is 2.35. The maximum atomic E-state index is 6.12. The number of aryl methyl sites for hydroxylation is 1. The molecule has 0 aromatic heterocycles. The number of nitrogens with two attached hydrogens (primary N) is 1. The Labute approximate surface area is 91.8 Å². The summed E-state index contributed by atoms with van der Waals surface area (Å²) in [7, 11) is 5.71. The van der Waals surface area contributed by atoms with Gasteiger partial charge in [0, 0.05) is 18.2 Å². The van der Waals surface area contributed by atoms with E-state index in [2.05, 4.69) is 17.9 Å². The molecule has 3 nitrogen and oxygen atoms in total. The van der Waals surface area contributed by atoms with Gasteiger partial charge in [0.15, 0.2) is 0 Å². The van der Waals surface area contributed by atoms with E-state index in [0.29, 0.717) is 0 Å². The van der Waals surface area contributed by atoms with Crippen molar-refractivity contribution in [2.45, 2.75) is 13.0 Å². The second kappa shape index (κ2) is 5.14. The van der Waals surface area contributed by atoms with Crippen molar-refractivity contribution in [1.82, 2.24) is 4.90 Å². The Bertz CT molecular complexity index is 323. The maximum Gasteiger partial charge on any atom is 0.123 e. The van der Waals surface area contributed by atoms with E-state index in [1.54, 1.807) is 7.11 Å². The average Bonchev–Trinajstić information content (AvgIpc) is 2.16. The largest absolute Gasteiger partial charge is 0.496 e. The number of ether oxygens (including phenoxy) is 1. The van der Waals surface area contributed by atoms with Gasteiger partial charge >= 0.3 is 0 Å². The number of benzene rings is 1. The topological polar surface area (TPSA) is 38.5 Å². The Morgan fingerprint density at radius 3 is 2.60 bits per heavy atom. The Kier molecular flexibility index (Phi) is 4.12. The molecule has 2 N–H and O–H groups in total. The third-order valence-electron chi connectivity index (χ3n) is 2.35. The van der Waals surface area contributed by atoms with Gasteiger partial charge in [0.2, 0.25) is 0 Å². The molecule has 3 heteroatoms. The normalized spacial score (nSPS) is 12.9. The summed E-state index contributed by atoms with van der Waals surface area (Å²) in [4.78, 5) is 2.08. The molecule has 0 radical (unpaired) electrons. The van der Waals surface area contributed by atoms with Crippen LogP contribution in [0.4, 0.5) is 0 Å².